The quantitative estimate of drug-likeness (QED) is 0.690. The summed E-state index contributed by atoms with van der Waals surface area (Å²) in [7, 11) is 0. The van der Waals surface area contributed by atoms with Crippen LogP contribution in [0.5, 0.6) is 0 Å². The maximum absolute atomic E-state index is 12.6. The van der Waals surface area contributed by atoms with Crippen LogP contribution in [0.4, 0.5) is 5.82 Å². The topological polar surface area (TPSA) is 97.1 Å². The van der Waals surface area contributed by atoms with E-state index < -0.39 is 6.04 Å². The smallest absolute Gasteiger partial charge is 0.248 e. The molecule has 2 rings (SSSR count). The van der Waals surface area contributed by atoms with E-state index in [-0.39, 0.29) is 23.7 Å². The van der Waals surface area contributed by atoms with Gasteiger partial charge >= 0.3 is 0 Å². The Morgan fingerprint density at radius 1 is 1.30 bits per heavy atom. The SMILES string of the molecule is CCCC(NC(=O)Cc1ccc(Br)cn1)C(=O)Nc1cc(C(C)(C)C)on1. The van der Waals surface area contributed by atoms with Gasteiger partial charge in [-0.3, -0.25) is 14.6 Å². The summed E-state index contributed by atoms with van der Waals surface area (Å²) in [6.07, 6.45) is 3.02. The molecule has 0 aliphatic carbocycles. The zero-order valence-electron chi connectivity index (χ0n) is 16.0. The van der Waals surface area contributed by atoms with Crippen molar-refractivity contribution in [2.75, 3.05) is 5.32 Å². The standard InChI is InChI=1S/C19H25BrN4O3/c1-5-6-14(22-17(25)9-13-8-7-12(20)11-21-13)18(26)23-16-10-15(27-24-16)19(2,3)4/h7-8,10-11,14H,5-6,9H2,1-4H3,(H,22,25)(H,23,24,26). The summed E-state index contributed by atoms with van der Waals surface area (Å²) in [5.74, 6) is 0.446. The summed E-state index contributed by atoms with van der Waals surface area (Å²) in [5.41, 5.74) is 0.433. The number of hydrogen-bond acceptors (Lipinski definition) is 5. The van der Waals surface area contributed by atoms with Crippen molar-refractivity contribution in [2.45, 2.75) is 58.4 Å². The van der Waals surface area contributed by atoms with E-state index in [1.807, 2.05) is 33.8 Å². The minimum Gasteiger partial charge on any atom is -0.359 e. The minimum atomic E-state index is -0.646. The molecule has 0 aliphatic rings. The van der Waals surface area contributed by atoms with Crippen LogP contribution in [0, 0.1) is 0 Å². The lowest BCUT2D eigenvalue weighted by Gasteiger charge is -2.17. The Kier molecular flexibility index (Phi) is 7.12. The van der Waals surface area contributed by atoms with Crippen LogP contribution in [0.2, 0.25) is 0 Å². The minimum absolute atomic E-state index is 0.110. The first-order chi connectivity index (χ1) is 12.7. The van der Waals surface area contributed by atoms with Crippen LogP contribution in [-0.4, -0.2) is 28.0 Å². The van der Waals surface area contributed by atoms with Crippen LogP contribution in [0.15, 0.2) is 33.4 Å². The third kappa shape index (κ3) is 6.46. The first-order valence-electron chi connectivity index (χ1n) is 8.87. The predicted octanol–water partition coefficient (Wildman–Crippen LogP) is 3.60. The van der Waals surface area contributed by atoms with Crippen molar-refractivity contribution in [3.8, 4) is 0 Å². The number of rotatable bonds is 7. The average Bonchev–Trinajstić information content (AvgIpc) is 3.05. The molecule has 146 valence electrons. The fourth-order valence-corrected chi connectivity index (χ4v) is 2.61. The summed E-state index contributed by atoms with van der Waals surface area (Å²) in [6, 6.07) is 4.65. The van der Waals surface area contributed by atoms with Gasteiger partial charge in [-0.2, -0.15) is 0 Å². The molecule has 2 aromatic rings. The monoisotopic (exact) mass is 436 g/mol. The summed E-state index contributed by atoms with van der Waals surface area (Å²) in [4.78, 5) is 29.0. The Labute approximate surface area is 167 Å². The Bertz CT molecular complexity index is 781. The van der Waals surface area contributed by atoms with Crippen LogP contribution < -0.4 is 10.6 Å². The molecule has 1 atom stereocenters. The largest absolute Gasteiger partial charge is 0.359 e. The lowest BCUT2D eigenvalue weighted by molar-refractivity contribution is -0.126. The van der Waals surface area contributed by atoms with Gasteiger partial charge in [-0.25, -0.2) is 0 Å². The normalized spacial score (nSPS) is 12.5. The second-order valence-corrected chi connectivity index (χ2v) is 8.28. The number of carbonyl (C=O) groups excluding carboxylic acids is 2. The number of halogens is 1. The average molecular weight is 437 g/mol. The highest BCUT2D eigenvalue weighted by Crippen LogP contribution is 2.24. The molecule has 0 bridgehead atoms. The highest BCUT2D eigenvalue weighted by molar-refractivity contribution is 9.10. The Hall–Kier alpha value is -2.22. The molecule has 2 heterocycles. The molecule has 0 radical (unpaired) electrons. The second kappa shape index (κ2) is 9.12. The molecule has 8 heteroatoms. The van der Waals surface area contributed by atoms with Crippen LogP contribution in [0.25, 0.3) is 0 Å². The predicted molar refractivity (Wildman–Crippen MR) is 106 cm³/mol. The van der Waals surface area contributed by atoms with E-state index >= 15 is 0 Å². The lowest BCUT2D eigenvalue weighted by atomic mass is 9.93. The van der Waals surface area contributed by atoms with E-state index in [0.29, 0.717) is 23.7 Å². The molecule has 2 aromatic heterocycles. The van der Waals surface area contributed by atoms with Gasteiger partial charge in [-0.15, -0.1) is 0 Å². The number of amides is 2. The highest BCUT2D eigenvalue weighted by atomic mass is 79.9. The number of pyridine rings is 1. The summed E-state index contributed by atoms with van der Waals surface area (Å²) in [5, 5.41) is 9.38. The number of aromatic nitrogens is 2. The first-order valence-corrected chi connectivity index (χ1v) is 9.66. The molecule has 0 saturated heterocycles. The van der Waals surface area contributed by atoms with Crippen LogP contribution in [-0.2, 0) is 21.4 Å². The Morgan fingerprint density at radius 2 is 2.04 bits per heavy atom. The maximum Gasteiger partial charge on any atom is 0.248 e. The number of carbonyl (C=O) groups is 2. The van der Waals surface area contributed by atoms with Gasteiger partial charge < -0.3 is 15.2 Å². The molecule has 2 amide bonds. The molecule has 0 aliphatic heterocycles. The maximum atomic E-state index is 12.6. The molecule has 0 saturated carbocycles. The number of nitrogens with zero attached hydrogens (tertiary/aromatic N) is 2. The number of anilines is 1. The fourth-order valence-electron chi connectivity index (χ4n) is 2.38. The zero-order valence-corrected chi connectivity index (χ0v) is 17.6. The van der Waals surface area contributed by atoms with Crippen molar-refractivity contribution in [1.29, 1.82) is 0 Å². The van der Waals surface area contributed by atoms with Gasteiger partial charge in [-0.05, 0) is 34.5 Å². The van der Waals surface area contributed by atoms with E-state index in [1.165, 1.54) is 0 Å². The number of nitrogens with one attached hydrogen (secondary N) is 2. The first kappa shape index (κ1) is 21.1. The van der Waals surface area contributed by atoms with Crippen molar-refractivity contribution in [1.82, 2.24) is 15.5 Å². The molecule has 0 aromatic carbocycles. The summed E-state index contributed by atoms with van der Waals surface area (Å²) >= 11 is 3.31. The highest BCUT2D eigenvalue weighted by Gasteiger charge is 2.24. The van der Waals surface area contributed by atoms with Crippen molar-refractivity contribution >= 4 is 33.6 Å². The molecule has 0 fully saturated rings. The molecule has 2 N–H and O–H groups in total. The molecule has 7 nitrogen and oxygen atoms in total. The van der Waals surface area contributed by atoms with E-state index in [2.05, 4.69) is 36.7 Å². The van der Waals surface area contributed by atoms with E-state index in [9.17, 15) is 9.59 Å². The van der Waals surface area contributed by atoms with Gasteiger partial charge in [-0.1, -0.05) is 39.3 Å². The molecular weight excluding hydrogens is 412 g/mol. The number of hydrogen-bond donors (Lipinski definition) is 2. The lowest BCUT2D eigenvalue weighted by Crippen LogP contribution is -2.44. The molecule has 0 spiro atoms. The van der Waals surface area contributed by atoms with Crippen LogP contribution in [0.1, 0.15) is 52.0 Å². The molecule has 27 heavy (non-hydrogen) atoms. The van der Waals surface area contributed by atoms with Gasteiger partial charge in [0.15, 0.2) is 5.82 Å². The van der Waals surface area contributed by atoms with Crippen molar-refractivity contribution in [3.05, 3.63) is 40.3 Å². The van der Waals surface area contributed by atoms with Crippen LogP contribution in [0.3, 0.4) is 0 Å². The molecular formula is C19H25BrN4O3. The van der Waals surface area contributed by atoms with Gasteiger partial charge in [0.1, 0.15) is 11.8 Å². The van der Waals surface area contributed by atoms with E-state index in [1.54, 1.807) is 18.3 Å². The summed E-state index contributed by atoms with van der Waals surface area (Å²) in [6.45, 7) is 7.94. The van der Waals surface area contributed by atoms with Crippen molar-refractivity contribution in [2.24, 2.45) is 0 Å². The molecule has 1 unspecified atom stereocenters. The van der Waals surface area contributed by atoms with Crippen molar-refractivity contribution < 1.29 is 14.1 Å². The van der Waals surface area contributed by atoms with Gasteiger partial charge in [0.25, 0.3) is 0 Å². The summed E-state index contributed by atoms with van der Waals surface area (Å²) < 4.78 is 6.12. The third-order valence-electron chi connectivity index (χ3n) is 3.86. The second-order valence-electron chi connectivity index (χ2n) is 7.37. The Balaban J connectivity index is 1.98. The third-order valence-corrected chi connectivity index (χ3v) is 4.33. The zero-order chi connectivity index (χ0) is 20.0. The van der Waals surface area contributed by atoms with Crippen molar-refractivity contribution in [3.63, 3.8) is 0 Å². The van der Waals surface area contributed by atoms with Crippen LogP contribution >= 0.6 is 15.9 Å². The van der Waals surface area contributed by atoms with E-state index in [0.717, 1.165) is 10.9 Å². The van der Waals surface area contributed by atoms with Gasteiger partial charge in [0, 0.05) is 27.8 Å². The Morgan fingerprint density at radius 3 is 2.59 bits per heavy atom. The van der Waals surface area contributed by atoms with Gasteiger partial charge in [0.2, 0.25) is 11.8 Å². The fraction of sp³-hybridized carbons (Fsp3) is 0.474. The van der Waals surface area contributed by atoms with E-state index in [4.69, 9.17) is 4.52 Å². The van der Waals surface area contributed by atoms with Gasteiger partial charge in [0.05, 0.1) is 6.42 Å².